The van der Waals surface area contributed by atoms with Gasteiger partial charge in [0.25, 0.3) is 0 Å². The van der Waals surface area contributed by atoms with Crippen molar-refractivity contribution in [3.05, 3.63) is 22.8 Å². The van der Waals surface area contributed by atoms with Gasteiger partial charge in [0.2, 0.25) is 6.41 Å². The number of carbonyl (C=O) groups is 3. The molecule has 0 unspecified atom stereocenters. The first kappa shape index (κ1) is 18.4. The quantitative estimate of drug-likeness (QED) is 0.245. The Hall–Kier alpha value is -1.60. The summed E-state index contributed by atoms with van der Waals surface area (Å²) in [5.74, 6) is 0.767. The third-order valence-electron chi connectivity index (χ3n) is 2.25. The molecule has 0 heterocycles. The van der Waals surface area contributed by atoms with Crippen molar-refractivity contribution < 1.29 is 19.5 Å². The minimum Gasteiger partial charge on any atom is -0.396 e. The highest BCUT2D eigenvalue weighted by atomic mass is 32.2. The van der Waals surface area contributed by atoms with Gasteiger partial charge < -0.3 is 10.4 Å². The maximum Gasteiger partial charge on any atom is 0.326 e. The molecule has 0 aromatic heterocycles. The molecule has 3 amide bonds. The summed E-state index contributed by atoms with van der Waals surface area (Å²) in [6.45, 7) is 1.94. The van der Waals surface area contributed by atoms with E-state index in [9.17, 15) is 14.4 Å². The lowest BCUT2D eigenvalue weighted by Gasteiger charge is -2.11. The average molecular weight is 300 g/mol. The lowest BCUT2D eigenvalue weighted by atomic mass is 10.3. The molecule has 3 N–H and O–H groups in total. The fourth-order valence-electron chi connectivity index (χ4n) is 1.27. The Morgan fingerprint density at radius 3 is 2.60 bits per heavy atom. The van der Waals surface area contributed by atoms with Crippen LogP contribution in [-0.4, -0.2) is 36.2 Å². The normalized spacial score (nSPS) is 11.9. The van der Waals surface area contributed by atoms with Crippen molar-refractivity contribution in [3.63, 3.8) is 0 Å². The zero-order valence-corrected chi connectivity index (χ0v) is 12.2. The molecule has 0 spiro atoms. The number of aldehydes is 1. The van der Waals surface area contributed by atoms with E-state index in [0.29, 0.717) is 17.7 Å². The van der Waals surface area contributed by atoms with Crippen molar-refractivity contribution in [1.29, 1.82) is 0 Å². The largest absolute Gasteiger partial charge is 0.396 e. The SMILES string of the molecule is CC(/C=C/C=O)=C(\NC(=O)NC=O)SCCCCCO. The second-order valence-electron chi connectivity index (χ2n) is 3.86. The van der Waals surface area contributed by atoms with Gasteiger partial charge in [-0.15, -0.1) is 11.8 Å². The van der Waals surface area contributed by atoms with E-state index in [1.807, 2.05) is 5.32 Å². The number of carbonyl (C=O) groups excluding carboxylic acids is 3. The van der Waals surface area contributed by atoms with Crippen LogP contribution in [0.4, 0.5) is 4.79 Å². The van der Waals surface area contributed by atoms with Crippen LogP contribution < -0.4 is 10.6 Å². The molecule has 0 aliphatic heterocycles. The number of imide groups is 1. The maximum atomic E-state index is 11.3. The molecule has 0 aliphatic carbocycles. The molecule has 0 rings (SSSR count). The first-order valence-corrected chi connectivity index (χ1v) is 7.21. The highest BCUT2D eigenvalue weighted by Gasteiger charge is 2.06. The number of amides is 3. The van der Waals surface area contributed by atoms with E-state index in [-0.39, 0.29) is 6.61 Å². The summed E-state index contributed by atoms with van der Waals surface area (Å²) < 4.78 is 0. The van der Waals surface area contributed by atoms with Crippen molar-refractivity contribution >= 4 is 30.5 Å². The summed E-state index contributed by atoms with van der Waals surface area (Å²) in [7, 11) is 0. The van der Waals surface area contributed by atoms with Crippen LogP contribution in [0.5, 0.6) is 0 Å². The number of aliphatic hydroxyl groups excluding tert-OH is 1. The van der Waals surface area contributed by atoms with Crippen molar-refractivity contribution in [2.45, 2.75) is 26.2 Å². The van der Waals surface area contributed by atoms with Crippen LogP contribution in [0.2, 0.25) is 0 Å². The van der Waals surface area contributed by atoms with Gasteiger partial charge >= 0.3 is 6.03 Å². The van der Waals surface area contributed by atoms with Crippen LogP contribution in [0, 0.1) is 0 Å². The van der Waals surface area contributed by atoms with E-state index < -0.39 is 6.03 Å². The molecule has 0 aromatic rings. The molecule has 0 radical (unpaired) electrons. The Morgan fingerprint density at radius 2 is 2.00 bits per heavy atom. The predicted octanol–water partition coefficient (Wildman–Crippen LogP) is 1.32. The summed E-state index contributed by atoms with van der Waals surface area (Å²) >= 11 is 1.43. The topological polar surface area (TPSA) is 95.5 Å². The van der Waals surface area contributed by atoms with Crippen LogP contribution in [0.3, 0.4) is 0 Å². The van der Waals surface area contributed by atoms with Gasteiger partial charge in [0.05, 0.1) is 5.03 Å². The van der Waals surface area contributed by atoms with Gasteiger partial charge in [0, 0.05) is 6.61 Å². The molecule has 0 saturated carbocycles. The smallest absolute Gasteiger partial charge is 0.326 e. The predicted molar refractivity (Wildman–Crippen MR) is 79.0 cm³/mol. The Labute approximate surface area is 122 Å². The van der Waals surface area contributed by atoms with Crippen LogP contribution in [0.1, 0.15) is 26.2 Å². The second kappa shape index (κ2) is 12.4. The van der Waals surface area contributed by atoms with Crippen LogP contribution in [0.25, 0.3) is 0 Å². The molecular formula is C13H20N2O4S. The first-order chi connectivity index (χ1) is 9.65. The van der Waals surface area contributed by atoms with E-state index in [4.69, 9.17) is 5.11 Å². The lowest BCUT2D eigenvalue weighted by Crippen LogP contribution is -2.33. The molecule has 0 saturated heterocycles. The third kappa shape index (κ3) is 9.35. The molecule has 0 aliphatic rings. The molecule has 0 aromatic carbocycles. The number of urea groups is 1. The minimum absolute atomic E-state index is 0.175. The molecule has 0 atom stereocenters. The van der Waals surface area contributed by atoms with Gasteiger partial charge in [-0.25, -0.2) is 4.79 Å². The van der Waals surface area contributed by atoms with Crippen molar-refractivity contribution in [2.75, 3.05) is 12.4 Å². The standard InChI is InChI=1S/C13H20N2O4S/c1-11(6-5-8-17)12(15-13(19)14-10-18)20-9-4-2-3-7-16/h5-6,8,10,16H,2-4,7,9H2,1H3,(H2,14,15,18,19)/b6-5+,12-11-. The Bertz CT molecular complexity index is 381. The Balaban J connectivity index is 4.53. The van der Waals surface area contributed by atoms with Gasteiger partial charge in [-0.3, -0.25) is 14.9 Å². The van der Waals surface area contributed by atoms with Crippen LogP contribution in [0.15, 0.2) is 22.8 Å². The van der Waals surface area contributed by atoms with Gasteiger partial charge in [-0.1, -0.05) is 12.5 Å². The molecule has 6 nitrogen and oxygen atoms in total. The van der Waals surface area contributed by atoms with Crippen LogP contribution in [-0.2, 0) is 9.59 Å². The zero-order chi connectivity index (χ0) is 15.2. The monoisotopic (exact) mass is 300 g/mol. The molecule has 0 bridgehead atoms. The van der Waals surface area contributed by atoms with Gasteiger partial charge in [0.1, 0.15) is 6.29 Å². The Kier molecular flexibility index (Phi) is 11.4. The second-order valence-corrected chi connectivity index (χ2v) is 4.96. The molecule has 7 heteroatoms. The third-order valence-corrected chi connectivity index (χ3v) is 3.45. The fourth-order valence-corrected chi connectivity index (χ4v) is 2.28. The highest BCUT2D eigenvalue weighted by Crippen LogP contribution is 2.19. The van der Waals surface area contributed by atoms with Crippen molar-refractivity contribution in [2.24, 2.45) is 0 Å². The highest BCUT2D eigenvalue weighted by molar-refractivity contribution is 8.03. The maximum absolute atomic E-state index is 11.3. The van der Waals surface area contributed by atoms with E-state index in [2.05, 4.69) is 5.32 Å². The zero-order valence-electron chi connectivity index (χ0n) is 11.4. The van der Waals surface area contributed by atoms with Gasteiger partial charge in [0.15, 0.2) is 0 Å². The number of hydrogen-bond acceptors (Lipinski definition) is 5. The molecular weight excluding hydrogens is 280 g/mol. The number of aliphatic hydroxyl groups is 1. The minimum atomic E-state index is -0.614. The number of nitrogens with one attached hydrogen (secondary N) is 2. The molecule has 112 valence electrons. The van der Waals surface area contributed by atoms with Crippen molar-refractivity contribution in [1.82, 2.24) is 10.6 Å². The summed E-state index contributed by atoms with van der Waals surface area (Å²) in [5.41, 5.74) is 0.727. The molecule has 0 fully saturated rings. The summed E-state index contributed by atoms with van der Waals surface area (Å²) in [6, 6.07) is -0.614. The number of allylic oxidation sites excluding steroid dienone is 3. The van der Waals surface area contributed by atoms with Crippen LogP contribution >= 0.6 is 11.8 Å². The Morgan fingerprint density at radius 1 is 1.25 bits per heavy atom. The number of unbranched alkanes of at least 4 members (excludes halogenated alkanes) is 2. The summed E-state index contributed by atoms with van der Waals surface area (Å²) in [6.07, 6.45) is 6.43. The molecule has 20 heavy (non-hydrogen) atoms. The van der Waals surface area contributed by atoms with Gasteiger partial charge in [-0.05, 0) is 37.2 Å². The average Bonchev–Trinajstić information content (AvgIpc) is 2.43. The van der Waals surface area contributed by atoms with Crippen molar-refractivity contribution in [3.8, 4) is 0 Å². The number of thioether (sulfide) groups is 1. The van der Waals surface area contributed by atoms with E-state index in [0.717, 1.165) is 30.6 Å². The van der Waals surface area contributed by atoms with E-state index >= 15 is 0 Å². The number of hydrogen-bond donors (Lipinski definition) is 3. The van der Waals surface area contributed by atoms with E-state index in [1.54, 1.807) is 13.0 Å². The summed E-state index contributed by atoms with van der Waals surface area (Å²) in [5, 5.41) is 13.8. The number of rotatable bonds is 10. The van der Waals surface area contributed by atoms with E-state index in [1.165, 1.54) is 17.8 Å². The first-order valence-electron chi connectivity index (χ1n) is 6.23. The summed E-state index contributed by atoms with van der Waals surface area (Å²) in [4.78, 5) is 31.8. The fraction of sp³-hybridized carbons (Fsp3) is 0.462. The lowest BCUT2D eigenvalue weighted by molar-refractivity contribution is -0.108. The van der Waals surface area contributed by atoms with Gasteiger partial charge in [-0.2, -0.15) is 0 Å².